The van der Waals surface area contributed by atoms with Crippen molar-refractivity contribution in [2.24, 2.45) is 5.10 Å². The van der Waals surface area contributed by atoms with Crippen molar-refractivity contribution in [3.05, 3.63) is 77.6 Å². The Bertz CT molecular complexity index is 1170. The minimum atomic E-state index is -0.549. The minimum Gasteiger partial charge on any atom is -0.504 e. The molecular weight excluding hydrogens is 424 g/mol. The number of hydrazone groups is 1. The number of aromatic hydroxyl groups is 1. The Kier molecular flexibility index (Phi) is 6.30. The Morgan fingerprint density at radius 1 is 1.24 bits per heavy atom. The van der Waals surface area contributed by atoms with Crippen LogP contribution in [0.2, 0.25) is 0 Å². The largest absolute Gasteiger partial charge is 0.504 e. The number of cyclic esters (lactones) is 1. The number of carbonyl (C=O) groups excluding carboxylic acids is 2. The van der Waals surface area contributed by atoms with Crippen LogP contribution >= 0.6 is 0 Å². The van der Waals surface area contributed by atoms with Crippen LogP contribution in [0.5, 0.6) is 11.5 Å². The van der Waals surface area contributed by atoms with Crippen molar-refractivity contribution >= 4 is 23.4 Å². The van der Waals surface area contributed by atoms with E-state index in [9.17, 15) is 14.7 Å². The molecule has 0 aliphatic carbocycles. The van der Waals surface area contributed by atoms with Gasteiger partial charge in [-0.1, -0.05) is 19.1 Å². The van der Waals surface area contributed by atoms with Gasteiger partial charge in [-0.2, -0.15) is 10.1 Å². The minimum absolute atomic E-state index is 0.0204. The van der Waals surface area contributed by atoms with Crippen LogP contribution in [0.4, 0.5) is 10.5 Å². The Balaban J connectivity index is 1.51. The van der Waals surface area contributed by atoms with Crippen molar-refractivity contribution in [3.8, 4) is 11.5 Å². The predicted octanol–water partition coefficient (Wildman–Crippen LogP) is 4.12. The number of phenols is 1. The summed E-state index contributed by atoms with van der Waals surface area (Å²) in [6.07, 6.45) is 1.15. The number of aromatic amines is 1. The average Bonchev–Trinajstić information content (AvgIpc) is 3.36. The van der Waals surface area contributed by atoms with E-state index in [-0.39, 0.29) is 18.2 Å². The highest BCUT2D eigenvalue weighted by Crippen LogP contribution is 2.29. The fourth-order valence-corrected chi connectivity index (χ4v) is 3.48. The summed E-state index contributed by atoms with van der Waals surface area (Å²) in [5.74, 6) is 0.0865. The Hall–Kier alpha value is -4.27. The number of anilines is 1. The molecule has 9 heteroatoms. The monoisotopic (exact) mass is 448 g/mol. The summed E-state index contributed by atoms with van der Waals surface area (Å²) >= 11 is 0. The molecule has 170 valence electrons. The molecule has 2 amide bonds. The molecule has 1 aliphatic rings. The van der Waals surface area contributed by atoms with Crippen LogP contribution in [-0.4, -0.2) is 46.0 Å². The van der Waals surface area contributed by atoms with Crippen LogP contribution in [0.15, 0.2) is 65.9 Å². The van der Waals surface area contributed by atoms with Gasteiger partial charge < -0.3 is 24.9 Å². The highest BCUT2D eigenvalue weighted by molar-refractivity contribution is 6.06. The maximum absolute atomic E-state index is 12.5. The lowest BCUT2D eigenvalue weighted by Gasteiger charge is -2.29. The van der Waals surface area contributed by atoms with Crippen molar-refractivity contribution < 1.29 is 24.2 Å². The lowest BCUT2D eigenvalue weighted by Crippen LogP contribution is -2.41. The Morgan fingerprint density at radius 3 is 2.67 bits per heavy atom. The van der Waals surface area contributed by atoms with Crippen molar-refractivity contribution in [2.75, 3.05) is 12.4 Å². The third kappa shape index (κ3) is 4.82. The normalized spacial score (nSPS) is 15.6. The molecule has 0 saturated heterocycles. The van der Waals surface area contributed by atoms with E-state index in [2.05, 4.69) is 15.4 Å². The zero-order valence-corrected chi connectivity index (χ0v) is 18.2. The van der Waals surface area contributed by atoms with Gasteiger partial charge in [-0.05, 0) is 54.4 Å². The van der Waals surface area contributed by atoms with E-state index in [1.54, 1.807) is 60.8 Å². The second kappa shape index (κ2) is 9.47. The molecule has 0 bridgehead atoms. The molecule has 1 unspecified atom stereocenters. The fourth-order valence-electron chi connectivity index (χ4n) is 3.48. The van der Waals surface area contributed by atoms with E-state index in [1.165, 1.54) is 12.1 Å². The van der Waals surface area contributed by atoms with Crippen molar-refractivity contribution in [2.45, 2.75) is 26.0 Å². The molecule has 0 fully saturated rings. The number of ether oxygens (including phenoxy) is 2. The maximum atomic E-state index is 12.5. The van der Waals surface area contributed by atoms with Gasteiger partial charge in [0.15, 0.2) is 11.5 Å². The van der Waals surface area contributed by atoms with Crippen LogP contribution < -0.4 is 10.1 Å². The zero-order chi connectivity index (χ0) is 23.4. The number of carbonyl (C=O) groups is 2. The van der Waals surface area contributed by atoms with Crippen LogP contribution in [0, 0.1) is 0 Å². The molecule has 2 heterocycles. The summed E-state index contributed by atoms with van der Waals surface area (Å²) in [4.78, 5) is 27.5. The summed E-state index contributed by atoms with van der Waals surface area (Å²) in [6.45, 7) is 2.08. The van der Waals surface area contributed by atoms with E-state index >= 15 is 0 Å². The smallest absolute Gasteiger partial charge is 0.431 e. The third-order valence-corrected chi connectivity index (χ3v) is 5.22. The maximum Gasteiger partial charge on any atom is 0.431 e. The van der Waals surface area contributed by atoms with Crippen molar-refractivity contribution in [1.29, 1.82) is 0 Å². The molecule has 0 spiro atoms. The van der Waals surface area contributed by atoms with E-state index in [4.69, 9.17) is 9.47 Å². The lowest BCUT2D eigenvalue weighted by molar-refractivity contribution is 0.0712. The molecule has 33 heavy (non-hydrogen) atoms. The quantitative estimate of drug-likeness (QED) is 0.503. The van der Waals surface area contributed by atoms with E-state index < -0.39 is 12.2 Å². The number of rotatable bonds is 7. The van der Waals surface area contributed by atoms with Gasteiger partial charge in [0, 0.05) is 17.4 Å². The van der Waals surface area contributed by atoms with E-state index in [1.807, 2.05) is 6.92 Å². The van der Waals surface area contributed by atoms with Gasteiger partial charge in [0.1, 0.15) is 17.5 Å². The van der Waals surface area contributed by atoms with Gasteiger partial charge >= 0.3 is 6.09 Å². The number of methoxy groups -OCH3 is 1. The average molecular weight is 448 g/mol. The fraction of sp³-hybridized carbons (Fsp3) is 0.208. The molecular formula is C24H24N4O5. The van der Waals surface area contributed by atoms with Gasteiger partial charge in [0.2, 0.25) is 0 Å². The van der Waals surface area contributed by atoms with Gasteiger partial charge in [-0.15, -0.1) is 0 Å². The molecule has 0 radical (unpaired) electrons. The number of hydrogen-bond acceptors (Lipinski definition) is 6. The summed E-state index contributed by atoms with van der Waals surface area (Å²) in [7, 11) is 1.47. The second-order valence-corrected chi connectivity index (χ2v) is 7.45. The number of hydrogen-bond donors (Lipinski definition) is 3. The summed E-state index contributed by atoms with van der Waals surface area (Å²) in [5.41, 5.74) is 3.08. The first-order valence-corrected chi connectivity index (χ1v) is 10.5. The first kappa shape index (κ1) is 21.9. The molecule has 0 saturated carbocycles. The molecule has 1 atom stereocenters. The topological polar surface area (TPSA) is 116 Å². The van der Waals surface area contributed by atoms with E-state index in [0.29, 0.717) is 34.8 Å². The first-order chi connectivity index (χ1) is 16.0. The summed E-state index contributed by atoms with van der Waals surface area (Å²) < 4.78 is 10.7. The van der Waals surface area contributed by atoms with Gasteiger partial charge in [-0.25, -0.2) is 4.79 Å². The van der Waals surface area contributed by atoms with Crippen molar-refractivity contribution in [1.82, 2.24) is 9.99 Å². The second-order valence-electron chi connectivity index (χ2n) is 7.45. The molecule has 4 rings (SSSR count). The molecule has 1 aliphatic heterocycles. The number of amides is 2. The lowest BCUT2D eigenvalue weighted by atomic mass is 10.0. The number of H-pyrrole nitrogens is 1. The first-order valence-electron chi connectivity index (χ1n) is 10.5. The SMILES string of the molecule is CCC1OC(=O)N(Cc2ccc(NC(=O)c3ccc[nH]3)cc2)N=C1c1ccc(OC)c(O)c1. The predicted molar refractivity (Wildman–Crippen MR) is 122 cm³/mol. The van der Waals surface area contributed by atoms with E-state index in [0.717, 1.165) is 5.56 Å². The Labute approximate surface area is 190 Å². The third-order valence-electron chi connectivity index (χ3n) is 5.22. The van der Waals surface area contributed by atoms with Crippen molar-refractivity contribution in [3.63, 3.8) is 0 Å². The molecule has 3 aromatic rings. The summed E-state index contributed by atoms with van der Waals surface area (Å²) in [6, 6.07) is 15.5. The highest BCUT2D eigenvalue weighted by atomic mass is 16.6. The molecule has 3 N–H and O–H groups in total. The Morgan fingerprint density at radius 2 is 2.03 bits per heavy atom. The van der Waals surface area contributed by atoms with Crippen LogP contribution in [-0.2, 0) is 11.3 Å². The van der Waals surface area contributed by atoms with Crippen LogP contribution in [0.25, 0.3) is 0 Å². The number of nitrogens with one attached hydrogen (secondary N) is 2. The number of benzene rings is 2. The number of phenolic OH excluding ortho intramolecular Hbond substituents is 1. The molecule has 1 aromatic heterocycles. The van der Waals surface area contributed by atoms with Crippen LogP contribution in [0.3, 0.4) is 0 Å². The van der Waals surface area contributed by atoms with Gasteiger partial charge in [0.05, 0.1) is 13.7 Å². The highest BCUT2D eigenvalue weighted by Gasteiger charge is 2.31. The van der Waals surface area contributed by atoms with Crippen LogP contribution in [0.1, 0.15) is 35.0 Å². The summed E-state index contributed by atoms with van der Waals surface area (Å²) in [5, 5.41) is 18.7. The molecule has 9 nitrogen and oxygen atoms in total. The number of aromatic nitrogens is 1. The standard InChI is InChI=1S/C24H24N4O5/c1-3-20-22(16-8-11-21(32-2)19(29)13-16)27-28(24(31)33-20)14-15-6-9-17(10-7-15)26-23(30)18-5-4-12-25-18/h4-13,20,25,29H,3,14H2,1-2H3,(H,26,30). The number of nitrogens with zero attached hydrogens (tertiary/aromatic N) is 2. The van der Waals surface area contributed by atoms with Gasteiger partial charge in [-0.3, -0.25) is 4.79 Å². The molecule has 2 aromatic carbocycles. The zero-order valence-electron chi connectivity index (χ0n) is 18.2. The van der Waals surface area contributed by atoms with Gasteiger partial charge in [0.25, 0.3) is 5.91 Å².